The fourth-order valence-corrected chi connectivity index (χ4v) is 4.29. The van der Waals surface area contributed by atoms with E-state index in [1.165, 1.54) is 0 Å². The fourth-order valence-electron chi connectivity index (χ4n) is 3.77. The molecule has 35 heavy (non-hydrogen) atoms. The van der Waals surface area contributed by atoms with Crippen molar-refractivity contribution in [3.63, 3.8) is 0 Å². The average molecular weight is 504 g/mol. The van der Waals surface area contributed by atoms with Crippen molar-refractivity contribution in [2.45, 2.75) is 0 Å². The number of nitrogens with one attached hydrogen (secondary N) is 5. The predicted octanol–water partition coefficient (Wildman–Crippen LogP) is 7.20. The lowest BCUT2D eigenvalue weighted by molar-refractivity contribution is -0.110. The van der Waals surface area contributed by atoms with E-state index in [0.717, 1.165) is 28.3 Å². The molecule has 3 aromatic carbocycles. The number of fused-ring (bicyclic) bond motifs is 1. The first-order valence-corrected chi connectivity index (χ1v) is 11.4. The van der Waals surface area contributed by atoms with Crippen molar-refractivity contribution in [1.29, 1.82) is 0 Å². The van der Waals surface area contributed by atoms with Crippen molar-refractivity contribution in [1.82, 2.24) is 4.98 Å². The third-order valence-electron chi connectivity index (χ3n) is 5.25. The van der Waals surface area contributed by atoms with Crippen LogP contribution in [0.5, 0.6) is 0 Å². The first-order chi connectivity index (χ1) is 16.9. The molecule has 1 aromatic heterocycles. The van der Waals surface area contributed by atoms with Crippen molar-refractivity contribution in [2.75, 3.05) is 21.3 Å². The Kier molecular flexibility index (Phi) is 6.18. The first kappa shape index (κ1) is 22.6. The standard InChI is InChI=1S/C26H19Cl2N5O2/c27-15-9-16(28)11-21(10-15)32-26(35)31-19-4-1-3-18(12-19)30-20-6-7-22-23(13-17-5-2-8-29-17)25(34)33-24(22)14-20/h1-14,29-30H,(H,33,34)(H2,31,32,35)/b23-13+. The number of aromatic nitrogens is 1. The number of aromatic amines is 1. The molecule has 0 saturated heterocycles. The normalized spacial score (nSPS) is 13.3. The van der Waals surface area contributed by atoms with E-state index in [-0.39, 0.29) is 5.91 Å². The molecule has 0 spiro atoms. The Hall–Kier alpha value is -4.20. The summed E-state index contributed by atoms with van der Waals surface area (Å²) in [5.74, 6) is -0.148. The summed E-state index contributed by atoms with van der Waals surface area (Å²) in [6, 6.07) is 21.1. The van der Waals surface area contributed by atoms with Gasteiger partial charge in [0.25, 0.3) is 5.91 Å². The number of anilines is 5. The van der Waals surface area contributed by atoms with Gasteiger partial charge in [-0.15, -0.1) is 0 Å². The molecule has 0 unspecified atom stereocenters. The smallest absolute Gasteiger partial charge is 0.323 e. The summed E-state index contributed by atoms with van der Waals surface area (Å²) in [5.41, 5.74) is 5.66. The molecule has 1 aliphatic rings. The number of hydrogen-bond donors (Lipinski definition) is 5. The van der Waals surface area contributed by atoms with Crippen LogP contribution in [0.25, 0.3) is 11.6 Å². The third-order valence-corrected chi connectivity index (χ3v) is 5.69. The van der Waals surface area contributed by atoms with Gasteiger partial charge in [0.05, 0.1) is 11.3 Å². The van der Waals surface area contributed by atoms with E-state index in [1.807, 2.05) is 54.7 Å². The Morgan fingerprint density at radius 1 is 0.800 bits per heavy atom. The second kappa shape index (κ2) is 9.58. The minimum Gasteiger partial charge on any atom is -0.362 e. The minimum atomic E-state index is -0.429. The van der Waals surface area contributed by atoms with Gasteiger partial charge >= 0.3 is 6.03 Å². The molecule has 0 aliphatic carbocycles. The van der Waals surface area contributed by atoms with Crippen LogP contribution < -0.4 is 21.3 Å². The van der Waals surface area contributed by atoms with Crippen LogP contribution in [0.15, 0.2) is 79.0 Å². The Morgan fingerprint density at radius 2 is 1.54 bits per heavy atom. The number of halogens is 2. The molecule has 1 aliphatic heterocycles. The molecule has 0 saturated carbocycles. The monoisotopic (exact) mass is 503 g/mol. The van der Waals surface area contributed by atoms with Crippen molar-refractivity contribution in [3.05, 3.63) is 100 Å². The lowest BCUT2D eigenvalue weighted by Gasteiger charge is -2.12. The van der Waals surface area contributed by atoms with Crippen molar-refractivity contribution in [2.24, 2.45) is 0 Å². The van der Waals surface area contributed by atoms with E-state index in [2.05, 4.69) is 26.3 Å². The molecule has 4 aromatic rings. The molecule has 0 bridgehead atoms. The van der Waals surface area contributed by atoms with Gasteiger partial charge in [-0.2, -0.15) is 0 Å². The number of carbonyl (C=O) groups excluding carboxylic acids is 2. The Labute approximate surface area is 211 Å². The lowest BCUT2D eigenvalue weighted by Crippen LogP contribution is -2.19. The van der Waals surface area contributed by atoms with Crippen LogP contribution in [-0.2, 0) is 4.79 Å². The summed E-state index contributed by atoms with van der Waals surface area (Å²) >= 11 is 12.0. The van der Waals surface area contributed by atoms with E-state index in [0.29, 0.717) is 27.0 Å². The van der Waals surface area contributed by atoms with Gasteiger partial charge < -0.3 is 26.3 Å². The first-order valence-electron chi connectivity index (χ1n) is 10.6. The highest BCUT2D eigenvalue weighted by Gasteiger charge is 2.24. The summed E-state index contributed by atoms with van der Waals surface area (Å²) in [6.45, 7) is 0. The van der Waals surface area contributed by atoms with Gasteiger partial charge in [0.1, 0.15) is 0 Å². The molecule has 9 heteroatoms. The van der Waals surface area contributed by atoms with Crippen LogP contribution >= 0.6 is 23.2 Å². The molecule has 5 rings (SSSR count). The van der Waals surface area contributed by atoms with Crippen LogP contribution in [0, 0.1) is 0 Å². The van der Waals surface area contributed by atoms with E-state index in [9.17, 15) is 9.59 Å². The quantitative estimate of drug-likeness (QED) is 0.186. The maximum Gasteiger partial charge on any atom is 0.323 e. The zero-order valence-electron chi connectivity index (χ0n) is 18.2. The number of hydrogen-bond acceptors (Lipinski definition) is 3. The lowest BCUT2D eigenvalue weighted by atomic mass is 10.1. The Bertz CT molecular complexity index is 1440. The number of H-pyrrole nitrogens is 1. The largest absolute Gasteiger partial charge is 0.362 e. The second-order valence-electron chi connectivity index (χ2n) is 7.84. The third kappa shape index (κ3) is 5.32. The summed E-state index contributed by atoms with van der Waals surface area (Å²) in [5, 5.41) is 12.6. The van der Waals surface area contributed by atoms with Crippen molar-refractivity contribution in [3.8, 4) is 0 Å². The van der Waals surface area contributed by atoms with E-state index >= 15 is 0 Å². The van der Waals surface area contributed by atoms with E-state index in [1.54, 1.807) is 30.3 Å². The number of benzene rings is 3. The summed E-state index contributed by atoms with van der Waals surface area (Å²) in [4.78, 5) is 28.0. The SMILES string of the molecule is O=C(Nc1cc(Cl)cc(Cl)c1)Nc1cccc(Nc2ccc3c(c2)NC(=O)/C3=C/c2ccc[nH]2)c1. The molecular formula is C26H19Cl2N5O2. The molecule has 2 heterocycles. The maximum absolute atomic E-state index is 12.5. The van der Waals surface area contributed by atoms with Gasteiger partial charge in [-0.3, -0.25) is 4.79 Å². The van der Waals surface area contributed by atoms with Crippen molar-refractivity contribution < 1.29 is 9.59 Å². The molecule has 3 amide bonds. The second-order valence-corrected chi connectivity index (χ2v) is 8.71. The summed E-state index contributed by atoms with van der Waals surface area (Å²) in [7, 11) is 0. The zero-order chi connectivity index (χ0) is 24.4. The predicted molar refractivity (Wildman–Crippen MR) is 143 cm³/mol. The highest BCUT2D eigenvalue weighted by atomic mass is 35.5. The Morgan fingerprint density at radius 3 is 2.31 bits per heavy atom. The number of carbonyl (C=O) groups is 2. The Balaban J connectivity index is 1.28. The van der Waals surface area contributed by atoms with Crippen LogP contribution in [0.2, 0.25) is 10.0 Å². The number of urea groups is 1. The molecule has 7 nitrogen and oxygen atoms in total. The van der Waals surface area contributed by atoms with Crippen molar-refractivity contribution >= 4 is 75.2 Å². The molecule has 0 atom stereocenters. The molecule has 0 fully saturated rings. The number of amides is 3. The van der Waals surface area contributed by atoms with Crippen LogP contribution in [0.4, 0.5) is 33.2 Å². The van der Waals surface area contributed by atoms with Crippen LogP contribution in [0.3, 0.4) is 0 Å². The number of rotatable bonds is 5. The topological polar surface area (TPSA) is 98.0 Å². The summed E-state index contributed by atoms with van der Waals surface area (Å²) in [6.07, 6.45) is 3.64. The minimum absolute atomic E-state index is 0.148. The molecular weight excluding hydrogens is 485 g/mol. The van der Waals surface area contributed by atoms with Gasteiger partial charge in [-0.05, 0) is 66.7 Å². The van der Waals surface area contributed by atoms with E-state index < -0.39 is 6.03 Å². The van der Waals surface area contributed by atoms with Crippen LogP contribution in [-0.4, -0.2) is 16.9 Å². The molecule has 174 valence electrons. The van der Waals surface area contributed by atoms with E-state index in [4.69, 9.17) is 23.2 Å². The zero-order valence-corrected chi connectivity index (χ0v) is 19.7. The van der Waals surface area contributed by atoms with Gasteiger partial charge in [-0.1, -0.05) is 35.3 Å². The summed E-state index contributed by atoms with van der Waals surface area (Å²) < 4.78 is 0. The van der Waals surface area contributed by atoms with Gasteiger partial charge in [-0.25, -0.2) is 4.79 Å². The maximum atomic E-state index is 12.5. The van der Waals surface area contributed by atoms with Crippen LogP contribution in [0.1, 0.15) is 11.3 Å². The molecule has 0 radical (unpaired) electrons. The fraction of sp³-hybridized carbons (Fsp3) is 0. The average Bonchev–Trinajstić information content (AvgIpc) is 3.41. The van der Waals surface area contributed by atoms with Gasteiger partial charge in [0, 0.05) is 50.2 Å². The van der Waals surface area contributed by atoms with Gasteiger partial charge in [0.2, 0.25) is 0 Å². The van der Waals surface area contributed by atoms with Gasteiger partial charge in [0.15, 0.2) is 0 Å². The molecule has 5 N–H and O–H groups in total. The highest BCUT2D eigenvalue weighted by Crippen LogP contribution is 2.35. The highest BCUT2D eigenvalue weighted by molar-refractivity contribution is 6.35.